The van der Waals surface area contributed by atoms with Gasteiger partial charge in [0.15, 0.2) is 0 Å². The topological polar surface area (TPSA) is 66.5 Å². The van der Waals surface area contributed by atoms with Crippen molar-refractivity contribution in [2.24, 2.45) is 11.8 Å². The fourth-order valence-electron chi connectivity index (χ4n) is 4.20. The van der Waals surface area contributed by atoms with Gasteiger partial charge in [-0.25, -0.2) is 0 Å². The van der Waals surface area contributed by atoms with Crippen LogP contribution in [0, 0.1) is 11.8 Å². The van der Waals surface area contributed by atoms with Crippen molar-refractivity contribution in [1.29, 1.82) is 0 Å². The quantitative estimate of drug-likeness (QED) is 0.626. The summed E-state index contributed by atoms with van der Waals surface area (Å²) in [7, 11) is 0. The monoisotopic (exact) mass is 388 g/mol. The molecular weight excluding hydrogens is 364 g/mol. The number of allylic oxidation sites excluding steroid dienone is 2. The zero-order chi connectivity index (χ0) is 20.5. The highest BCUT2D eigenvalue weighted by Crippen LogP contribution is 2.39. The van der Waals surface area contributed by atoms with Crippen molar-refractivity contribution in [2.45, 2.75) is 33.1 Å². The summed E-state index contributed by atoms with van der Waals surface area (Å²) in [5.74, 6) is -1.02. The first-order chi connectivity index (χ1) is 14.0. The molecular formula is C24H24N2O3. The molecule has 1 heterocycles. The number of imide groups is 1. The number of nitrogens with zero attached hydrogens (tertiary/aromatic N) is 1. The normalized spacial score (nSPS) is 21.0. The van der Waals surface area contributed by atoms with Crippen molar-refractivity contribution in [3.8, 4) is 0 Å². The van der Waals surface area contributed by atoms with Gasteiger partial charge in [0.1, 0.15) is 0 Å². The molecule has 1 fully saturated rings. The van der Waals surface area contributed by atoms with E-state index < -0.39 is 0 Å². The Morgan fingerprint density at radius 1 is 1.03 bits per heavy atom. The maximum Gasteiger partial charge on any atom is 0.255 e. The lowest BCUT2D eigenvalue weighted by Gasteiger charge is -2.18. The minimum atomic E-state index is -0.264. The molecule has 2 aliphatic rings. The van der Waals surface area contributed by atoms with Crippen molar-refractivity contribution < 1.29 is 14.4 Å². The predicted molar refractivity (Wildman–Crippen MR) is 113 cm³/mol. The summed E-state index contributed by atoms with van der Waals surface area (Å²) in [5, 5.41) is 2.94. The van der Waals surface area contributed by atoms with Gasteiger partial charge in [-0.15, -0.1) is 0 Å². The number of aryl methyl sites for hydroxylation is 1. The molecule has 2 aromatic rings. The van der Waals surface area contributed by atoms with Crippen LogP contribution >= 0.6 is 0 Å². The van der Waals surface area contributed by atoms with Crippen LogP contribution in [-0.4, -0.2) is 17.7 Å². The van der Waals surface area contributed by atoms with E-state index in [1.807, 2.05) is 38.1 Å². The zero-order valence-electron chi connectivity index (χ0n) is 16.6. The maximum absolute atomic E-state index is 12.8. The third kappa shape index (κ3) is 3.48. The van der Waals surface area contributed by atoms with Crippen LogP contribution in [0.25, 0.3) is 0 Å². The molecule has 1 aliphatic heterocycles. The van der Waals surface area contributed by atoms with Crippen LogP contribution in [-0.2, 0) is 16.0 Å². The average Bonchev–Trinajstić information content (AvgIpc) is 2.98. The van der Waals surface area contributed by atoms with E-state index in [0.29, 0.717) is 24.1 Å². The van der Waals surface area contributed by atoms with Gasteiger partial charge in [0.2, 0.25) is 11.8 Å². The van der Waals surface area contributed by atoms with E-state index in [0.717, 1.165) is 23.2 Å². The molecule has 3 amide bonds. The van der Waals surface area contributed by atoms with Crippen molar-refractivity contribution in [2.75, 3.05) is 10.2 Å². The Kier molecular flexibility index (Phi) is 5.05. The average molecular weight is 388 g/mol. The number of fused-ring (bicyclic) bond motifs is 1. The van der Waals surface area contributed by atoms with E-state index in [9.17, 15) is 14.4 Å². The molecule has 0 bridgehead atoms. The number of benzene rings is 2. The number of rotatable bonds is 4. The molecule has 2 aromatic carbocycles. The Balaban J connectivity index is 1.52. The van der Waals surface area contributed by atoms with Gasteiger partial charge in [0.05, 0.1) is 17.5 Å². The van der Waals surface area contributed by atoms with Crippen LogP contribution in [0.15, 0.2) is 60.2 Å². The highest BCUT2D eigenvalue weighted by atomic mass is 16.2. The number of carbonyl (C=O) groups is 3. The minimum Gasteiger partial charge on any atom is -0.322 e. The Morgan fingerprint density at radius 3 is 2.45 bits per heavy atom. The van der Waals surface area contributed by atoms with Gasteiger partial charge in [-0.05, 0) is 62.1 Å². The molecule has 5 nitrogen and oxygen atoms in total. The Morgan fingerprint density at radius 2 is 1.72 bits per heavy atom. The standard InChI is InChI=1S/C24H24N2O3/c1-3-16-6-4-5-7-21(16)25-22(27)17-9-11-18(12-10-17)26-23(28)19-13-8-15(2)14-20(19)24(26)29/h4-12,19-20H,3,13-14H2,1-2H3,(H,25,27)/t19-,20+/m1/s1. The second-order valence-corrected chi connectivity index (χ2v) is 7.73. The zero-order valence-corrected chi connectivity index (χ0v) is 16.6. The molecule has 0 unspecified atom stereocenters. The lowest BCUT2D eigenvalue weighted by Crippen LogP contribution is -2.30. The van der Waals surface area contributed by atoms with Gasteiger partial charge in [-0.2, -0.15) is 0 Å². The minimum absolute atomic E-state index is 0.137. The highest BCUT2D eigenvalue weighted by Gasteiger charge is 2.48. The first-order valence-corrected chi connectivity index (χ1v) is 10.0. The van der Waals surface area contributed by atoms with E-state index in [2.05, 4.69) is 11.4 Å². The Hall–Kier alpha value is -3.21. The summed E-state index contributed by atoms with van der Waals surface area (Å²) in [4.78, 5) is 39.5. The largest absolute Gasteiger partial charge is 0.322 e. The molecule has 1 N–H and O–H groups in total. The van der Waals surface area contributed by atoms with Gasteiger partial charge >= 0.3 is 0 Å². The van der Waals surface area contributed by atoms with Crippen molar-refractivity contribution in [3.63, 3.8) is 0 Å². The fraction of sp³-hybridized carbons (Fsp3) is 0.292. The van der Waals surface area contributed by atoms with Gasteiger partial charge < -0.3 is 5.32 Å². The number of hydrogen-bond acceptors (Lipinski definition) is 3. The highest BCUT2D eigenvalue weighted by molar-refractivity contribution is 6.22. The molecule has 148 valence electrons. The Labute approximate surface area is 170 Å². The summed E-state index contributed by atoms with van der Waals surface area (Å²) in [6.07, 6.45) is 4.14. The number of carbonyl (C=O) groups excluding carboxylic acids is 3. The van der Waals surface area contributed by atoms with Crippen molar-refractivity contribution in [1.82, 2.24) is 0 Å². The first kappa shape index (κ1) is 19.1. The van der Waals surface area contributed by atoms with Crippen molar-refractivity contribution >= 4 is 29.1 Å². The number of anilines is 2. The summed E-state index contributed by atoms with van der Waals surface area (Å²) in [5.41, 5.74) is 4.03. The second kappa shape index (κ2) is 7.66. The predicted octanol–water partition coefficient (Wildman–Crippen LogP) is 4.35. The summed E-state index contributed by atoms with van der Waals surface area (Å²) in [6.45, 7) is 4.04. The SMILES string of the molecule is CCc1ccccc1NC(=O)c1ccc(N2C(=O)[C@H]3CC(C)=CC[C@H]3C2=O)cc1. The van der Waals surface area contributed by atoms with E-state index in [4.69, 9.17) is 0 Å². The fourth-order valence-corrected chi connectivity index (χ4v) is 4.20. The van der Waals surface area contributed by atoms with Crippen molar-refractivity contribution in [3.05, 3.63) is 71.3 Å². The molecule has 0 aromatic heterocycles. The van der Waals surface area contributed by atoms with Crippen LogP contribution < -0.4 is 10.2 Å². The van der Waals surface area contributed by atoms with E-state index in [1.165, 1.54) is 4.90 Å². The smallest absolute Gasteiger partial charge is 0.255 e. The van der Waals surface area contributed by atoms with Crippen LogP contribution in [0.3, 0.4) is 0 Å². The molecule has 0 spiro atoms. The van der Waals surface area contributed by atoms with Crippen LogP contribution in [0.2, 0.25) is 0 Å². The molecule has 5 heteroatoms. The van der Waals surface area contributed by atoms with Crippen LogP contribution in [0.5, 0.6) is 0 Å². The van der Waals surface area contributed by atoms with E-state index >= 15 is 0 Å². The molecule has 0 saturated carbocycles. The third-order valence-corrected chi connectivity index (χ3v) is 5.86. The molecule has 1 aliphatic carbocycles. The number of amides is 3. The molecule has 4 rings (SSSR count). The van der Waals surface area contributed by atoms with Crippen LogP contribution in [0.4, 0.5) is 11.4 Å². The number of nitrogens with one attached hydrogen (secondary N) is 1. The van der Waals surface area contributed by atoms with Gasteiger partial charge in [0.25, 0.3) is 5.91 Å². The third-order valence-electron chi connectivity index (χ3n) is 5.86. The molecule has 1 saturated heterocycles. The van der Waals surface area contributed by atoms with Crippen LogP contribution in [0.1, 0.15) is 42.6 Å². The Bertz CT molecular complexity index is 1010. The number of hydrogen-bond donors (Lipinski definition) is 1. The lowest BCUT2D eigenvalue weighted by atomic mass is 9.82. The number of para-hydroxylation sites is 1. The van der Waals surface area contributed by atoms with E-state index in [1.54, 1.807) is 24.3 Å². The second-order valence-electron chi connectivity index (χ2n) is 7.73. The molecule has 29 heavy (non-hydrogen) atoms. The summed E-state index contributed by atoms with van der Waals surface area (Å²) >= 11 is 0. The summed E-state index contributed by atoms with van der Waals surface area (Å²) < 4.78 is 0. The molecule has 2 atom stereocenters. The maximum atomic E-state index is 12.8. The molecule has 0 radical (unpaired) electrons. The van der Waals surface area contributed by atoms with Gasteiger partial charge in [0, 0.05) is 11.3 Å². The summed E-state index contributed by atoms with van der Waals surface area (Å²) in [6, 6.07) is 14.4. The first-order valence-electron chi connectivity index (χ1n) is 10.0. The van der Waals surface area contributed by atoms with E-state index in [-0.39, 0.29) is 29.6 Å². The lowest BCUT2D eigenvalue weighted by molar-refractivity contribution is -0.122. The van der Waals surface area contributed by atoms with Gasteiger partial charge in [-0.1, -0.05) is 36.8 Å². The van der Waals surface area contributed by atoms with Gasteiger partial charge in [-0.3, -0.25) is 19.3 Å².